The van der Waals surface area contributed by atoms with Gasteiger partial charge in [0.2, 0.25) is 0 Å². The lowest BCUT2D eigenvalue weighted by Gasteiger charge is -2.11. The van der Waals surface area contributed by atoms with Crippen LogP contribution in [-0.4, -0.2) is 19.6 Å². The van der Waals surface area contributed by atoms with E-state index in [1.165, 1.54) is 7.11 Å². The van der Waals surface area contributed by atoms with Crippen molar-refractivity contribution in [1.82, 2.24) is 0 Å². The first-order chi connectivity index (χ1) is 7.54. The fraction of sp³-hybridized carbons (Fsp3) is 0.417. The zero-order valence-electron chi connectivity index (χ0n) is 9.82. The Hall–Kier alpha value is -1.71. The van der Waals surface area contributed by atoms with Crippen LogP contribution in [0.5, 0.6) is 11.5 Å². The molecule has 0 heterocycles. The number of primary amides is 1. The van der Waals surface area contributed by atoms with E-state index >= 15 is 0 Å². The summed E-state index contributed by atoms with van der Waals surface area (Å²) < 4.78 is 10.6. The lowest BCUT2D eigenvalue weighted by atomic mass is 10.2. The minimum atomic E-state index is -0.507. The van der Waals surface area contributed by atoms with Gasteiger partial charge in [0, 0.05) is 6.07 Å². The van der Waals surface area contributed by atoms with Gasteiger partial charge in [-0.05, 0) is 18.1 Å². The molecule has 16 heavy (non-hydrogen) atoms. The molecule has 0 bridgehead atoms. The minimum absolute atomic E-state index is 0.361. The lowest BCUT2D eigenvalue weighted by molar-refractivity contribution is 0.0997. The summed E-state index contributed by atoms with van der Waals surface area (Å²) in [4.78, 5) is 11.1. The van der Waals surface area contributed by atoms with E-state index in [1.807, 2.05) is 0 Å². The third-order valence-electron chi connectivity index (χ3n) is 2.02. The molecule has 1 aromatic carbocycles. The van der Waals surface area contributed by atoms with Crippen LogP contribution in [0.3, 0.4) is 0 Å². The van der Waals surface area contributed by atoms with Gasteiger partial charge in [-0.15, -0.1) is 0 Å². The van der Waals surface area contributed by atoms with Crippen LogP contribution in [0.4, 0.5) is 0 Å². The Morgan fingerprint density at radius 2 is 2.12 bits per heavy atom. The van der Waals surface area contributed by atoms with Crippen LogP contribution in [0.2, 0.25) is 0 Å². The van der Waals surface area contributed by atoms with Gasteiger partial charge in [-0.2, -0.15) is 0 Å². The molecule has 88 valence electrons. The number of carbonyl (C=O) groups is 1. The van der Waals surface area contributed by atoms with E-state index in [9.17, 15) is 4.79 Å². The number of ether oxygens (including phenoxy) is 2. The Balaban J connectivity index is 2.86. The Morgan fingerprint density at radius 1 is 1.44 bits per heavy atom. The molecule has 0 spiro atoms. The topological polar surface area (TPSA) is 61.6 Å². The van der Waals surface area contributed by atoms with E-state index in [0.717, 1.165) is 0 Å². The highest BCUT2D eigenvalue weighted by Gasteiger charge is 2.10. The van der Waals surface area contributed by atoms with Crippen LogP contribution in [0.25, 0.3) is 0 Å². The number of hydrogen-bond donors (Lipinski definition) is 1. The number of carbonyl (C=O) groups excluding carboxylic acids is 1. The van der Waals surface area contributed by atoms with Crippen molar-refractivity contribution in [3.8, 4) is 11.5 Å². The number of hydrogen-bond acceptors (Lipinski definition) is 3. The molecule has 0 aliphatic heterocycles. The van der Waals surface area contributed by atoms with Gasteiger partial charge in [0.15, 0.2) is 0 Å². The fourth-order valence-corrected chi connectivity index (χ4v) is 1.23. The van der Waals surface area contributed by atoms with Crippen LogP contribution < -0.4 is 15.2 Å². The maximum atomic E-state index is 11.1. The van der Waals surface area contributed by atoms with Gasteiger partial charge in [0.05, 0.1) is 19.3 Å². The third kappa shape index (κ3) is 3.15. The van der Waals surface area contributed by atoms with Crippen molar-refractivity contribution < 1.29 is 14.3 Å². The predicted octanol–water partition coefficient (Wildman–Crippen LogP) is 1.83. The molecule has 0 unspecified atom stereocenters. The number of rotatable bonds is 5. The summed E-state index contributed by atoms with van der Waals surface area (Å²) in [5.74, 6) is 1.05. The smallest absolute Gasteiger partial charge is 0.252 e. The van der Waals surface area contributed by atoms with Crippen molar-refractivity contribution in [1.29, 1.82) is 0 Å². The van der Waals surface area contributed by atoms with Gasteiger partial charge in [0.1, 0.15) is 11.5 Å². The molecule has 4 nitrogen and oxygen atoms in total. The van der Waals surface area contributed by atoms with Crippen molar-refractivity contribution >= 4 is 5.91 Å². The second kappa shape index (κ2) is 5.39. The standard InChI is InChI=1S/C12H17NO3/c1-8(2)7-16-9-4-5-10(12(13)14)11(6-9)15-3/h4-6,8H,7H2,1-3H3,(H2,13,14). The molecule has 0 atom stereocenters. The Kier molecular flexibility index (Phi) is 4.17. The van der Waals surface area contributed by atoms with Crippen molar-refractivity contribution in [2.45, 2.75) is 13.8 Å². The minimum Gasteiger partial charge on any atom is -0.496 e. The number of amides is 1. The maximum absolute atomic E-state index is 11.1. The molecule has 2 N–H and O–H groups in total. The van der Waals surface area contributed by atoms with E-state index in [-0.39, 0.29) is 0 Å². The van der Waals surface area contributed by atoms with Gasteiger partial charge in [-0.25, -0.2) is 0 Å². The molecule has 0 aliphatic carbocycles. The summed E-state index contributed by atoms with van der Waals surface area (Å²) in [5, 5.41) is 0. The van der Waals surface area contributed by atoms with Gasteiger partial charge in [0.25, 0.3) is 5.91 Å². The second-order valence-electron chi connectivity index (χ2n) is 3.93. The van der Waals surface area contributed by atoms with E-state index in [1.54, 1.807) is 18.2 Å². The summed E-state index contributed by atoms with van der Waals surface area (Å²) >= 11 is 0. The molecule has 1 aromatic rings. The summed E-state index contributed by atoms with van der Waals surface area (Å²) in [6.07, 6.45) is 0. The third-order valence-corrected chi connectivity index (χ3v) is 2.02. The number of nitrogens with two attached hydrogens (primary N) is 1. The van der Waals surface area contributed by atoms with Crippen LogP contribution in [0.1, 0.15) is 24.2 Å². The molecular formula is C12H17NO3. The Bertz CT molecular complexity index is 375. The maximum Gasteiger partial charge on any atom is 0.252 e. The van der Waals surface area contributed by atoms with E-state index in [4.69, 9.17) is 15.2 Å². The molecule has 0 radical (unpaired) electrons. The van der Waals surface area contributed by atoms with Crippen molar-refractivity contribution in [3.05, 3.63) is 23.8 Å². The predicted molar refractivity (Wildman–Crippen MR) is 61.8 cm³/mol. The average Bonchev–Trinajstić information content (AvgIpc) is 2.25. The van der Waals surface area contributed by atoms with Gasteiger partial charge in [-0.3, -0.25) is 4.79 Å². The van der Waals surface area contributed by atoms with Gasteiger partial charge in [-0.1, -0.05) is 13.8 Å². The molecular weight excluding hydrogens is 206 g/mol. The zero-order chi connectivity index (χ0) is 12.1. The first kappa shape index (κ1) is 12.4. The highest BCUT2D eigenvalue weighted by atomic mass is 16.5. The van der Waals surface area contributed by atoms with Crippen molar-refractivity contribution in [2.75, 3.05) is 13.7 Å². The first-order valence-electron chi connectivity index (χ1n) is 5.15. The van der Waals surface area contributed by atoms with Crippen LogP contribution in [0.15, 0.2) is 18.2 Å². The molecule has 4 heteroatoms. The molecule has 0 fully saturated rings. The second-order valence-corrected chi connectivity index (χ2v) is 3.93. The largest absolute Gasteiger partial charge is 0.496 e. The monoisotopic (exact) mass is 223 g/mol. The lowest BCUT2D eigenvalue weighted by Crippen LogP contribution is -2.12. The SMILES string of the molecule is COc1cc(OCC(C)C)ccc1C(N)=O. The first-order valence-corrected chi connectivity index (χ1v) is 5.15. The normalized spacial score (nSPS) is 10.2. The zero-order valence-corrected chi connectivity index (χ0v) is 9.82. The summed E-state index contributed by atoms with van der Waals surface area (Å²) in [6.45, 7) is 4.75. The van der Waals surface area contributed by atoms with Gasteiger partial charge >= 0.3 is 0 Å². The number of methoxy groups -OCH3 is 1. The quantitative estimate of drug-likeness (QED) is 0.828. The van der Waals surface area contributed by atoms with Crippen LogP contribution >= 0.6 is 0 Å². The molecule has 1 rings (SSSR count). The summed E-state index contributed by atoms with van der Waals surface area (Å²) in [5.41, 5.74) is 5.56. The van der Waals surface area contributed by atoms with Gasteiger partial charge < -0.3 is 15.2 Å². The number of benzene rings is 1. The van der Waals surface area contributed by atoms with E-state index in [2.05, 4.69) is 13.8 Å². The van der Waals surface area contributed by atoms with Crippen LogP contribution in [0, 0.1) is 5.92 Å². The molecule has 1 amide bonds. The summed E-state index contributed by atoms with van der Waals surface area (Å²) in [7, 11) is 1.49. The van der Waals surface area contributed by atoms with E-state index in [0.29, 0.717) is 29.6 Å². The summed E-state index contributed by atoms with van der Waals surface area (Å²) in [6, 6.07) is 4.99. The Morgan fingerprint density at radius 3 is 2.62 bits per heavy atom. The fourth-order valence-electron chi connectivity index (χ4n) is 1.23. The van der Waals surface area contributed by atoms with Crippen LogP contribution in [-0.2, 0) is 0 Å². The van der Waals surface area contributed by atoms with E-state index < -0.39 is 5.91 Å². The van der Waals surface area contributed by atoms with Crippen molar-refractivity contribution in [3.63, 3.8) is 0 Å². The average molecular weight is 223 g/mol. The van der Waals surface area contributed by atoms with Crippen molar-refractivity contribution in [2.24, 2.45) is 11.7 Å². The molecule has 0 aromatic heterocycles. The Labute approximate surface area is 95.3 Å². The molecule has 0 saturated heterocycles. The highest BCUT2D eigenvalue weighted by Crippen LogP contribution is 2.24. The molecule has 0 saturated carbocycles. The highest BCUT2D eigenvalue weighted by molar-refractivity contribution is 5.95. The molecule has 0 aliphatic rings.